The van der Waals surface area contributed by atoms with E-state index >= 15 is 0 Å². The molecule has 1 atom stereocenters. The van der Waals surface area contributed by atoms with Gasteiger partial charge in [-0.15, -0.1) is 0 Å². The van der Waals surface area contributed by atoms with Gasteiger partial charge in [-0.25, -0.2) is 0 Å². The zero-order valence-corrected chi connectivity index (χ0v) is 39.5. The zero-order chi connectivity index (χ0) is 42.4. The van der Waals surface area contributed by atoms with Crippen LogP contribution in [0.15, 0.2) is 0 Å². The van der Waals surface area contributed by atoms with Crippen molar-refractivity contribution >= 4 is 17.9 Å². The third-order valence-corrected chi connectivity index (χ3v) is 11.8. The van der Waals surface area contributed by atoms with Crippen LogP contribution in [-0.4, -0.2) is 37.2 Å². The Kier molecular flexibility index (Phi) is 45.2. The van der Waals surface area contributed by atoms with Crippen molar-refractivity contribution in [3.63, 3.8) is 0 Å². The highest BCUT2D eigenvalue weighted by molar-refractivity contribution is 5.71. The van der Waals surface area contributed by atoms with E-state index in [9.17, 15) is 14.4 Å². The predicted molar refractivity (Wildman–Crippen MR) is 247 cm³/mol. The Balaban J connectivity index is 4.23. The molecule has 0 aromatic rings. The third kappa shape index (κ3) is 45.5. The molecule has 0 unspecified atom stereocenters. The second-order valence-corrected chi connectivity index (χ2v) is 18.3. The number of ether oxygens (including phenoxy) is 3. The maximum atomic E-state index is 12.7. The average Bonchev–Trinajstić information content (AvgIpc) is 3.21. The smallest absolute Gasteiger partial charge is 0.306 e. The first-order valence-corrected chi connectivity index (χ1v) is 25.9. The summed E-state index contributed by atoms with van der Waals surface area (Å²) in [5.74, 6) is -0.0912. The van der Waals surface area contributed by atoms with E-state index in [-0.39, 0.29) is 31.1 Å². The third-order valence-electron chi connectivity index (χ3n) is 11.8. The van der Waals surface area contributed by atoms with Crippen LogP contribution in [0.25, 0.3) is 0 Å². The maximum absolute atomic E-state index is 12.7. The molecule has 6 nitrogen and oxygen atoms in total. The summed E-state index contributed by atoms with van der Waals surface area (Å²) in [7, 11) is 0. The molecule has 0 fully saturated rings. The van der Waals surface area contributed by atoms with Crippen LogP contribution in [-0.2, 0) is 28.6 Å². The van der Waals surface area contributed by atoms with E-state index in [1.54, 1.807) is 0 Å². The highest BCUT2D eigenvalue weighted by atomic mass is 16.6. The molecule has 0 amide bonds. The minimum Gasteiger partial charge on any atom is -0.462 e. The summed E-state index contributed by atoms with van der Waals surface area (Å²) in [6, 6.07) is 0. The first kappa shape index (κ1) is 56.4. The van der Waals surface area contributed by atoms with Crippen molar-refractivity contribution in [3.05, 3.63) is 0 Å². The van der Waals surface area contributed by atoms with Crippen LogP contribution in [0.4, 0.5) is 0 Å². The molecule has 344 valence electrons. The molecule has 58 heavy (non-hydrogen) atoms. The van der Waals surface area contributed by atoms with E-state index in [0.717, 1.165) is 63.7 Å². The summed E-state index contributed by atoms with van der Waals surface area (Å²) in [6.07, 6.45) is 48.2. The maximum Gasteiger partial charge on any atom is 0.306 e. The van der Waals surface area contributed by atoms with Crippen LogP contribution >= 0.6 is 0 Å². The van der Waals surface area contributed by atoms with E-state index in [4.69, 9.17) is 14.2 Å². The SMILES string of the molecule is CCCCCCCCCCCCCCCCCCCC(=O)OC[C@H](COC(=O)CCCCCCCCCCCCCCCC)OC(=O)CCCCCCCCC(C)C. The number of carbonyl (C=O) groups is 3. The Labute approximate surface area is 361 Å². The van der Waals surface area contributed by atoms with Gasteiger partial charge >= 0.3 is 17.9 Å². The molecule has 0 aromatic carbocycles. The molecule has 0 N–H and O–H groups in total. The summed E-state index contributed by atoms with van der Waals surface area (Å²) in [5.41, 5.74) is 0. The molecule has 0 aliphatic carbocycles. The highest BCUT2D eigenvalue weighted by Gasteiger charge is 2.19. The fraction of sp³-hybridized carbons (Fsp3) is 0.942. The van der Waals surface area contributed by atoms with Crippen LogP contribution in [0.2, 0.25) is 0 Å². The molecule has 0 spiro atoms. The van der Waals surface area contributed by atoms with Gasteiger partial charge in [0.1, 0.15) is 13.2 Å². The molecule has 0 aliphatic heterocycles. The first-order valence-electron chi connectivity index (χ1n) is 25.9. The second-order valence-electron chi connectivity index (χ2n) is 18.3. The van der Waals surface area contributed by atoms with Crippen molar-refractivity contribution in [1.82, 2.24) is 0 Å². The van der Waals surface area contributed by atoms with Gasteiger partial charge in [0.05, 0.1) is 0 Å². The van der Waals surface area contributed by atoms with Crippen molar-refractivity contribution in [2.45, 2.75) is 297 Å². The van der Waals surface area contributed by atoms with Crippen molar-refractivity contribution in [3.8, 4) is 0 Å². The standard InChI is InChI=1S/C52H100O6/c1-5-7-9-11-13-15-17-19-21-22-23-25-27-29-31-36-40-44-51(54)57-47-49(58-52(55)45-41-37-33-32-34-38-42-48(3)4)46-56-50(53)43-39-35-30-28-26-24-20-18-16-14-12-10-8-6-2/h48-49H,5-47H2,1-4H3/t49-/m0/s1. The average molecular weight is 821 g/mol. The Morgan fingerprint density at radius 1 is 0.328 bits per heavy atom. The van der Waals surface area contributed by atoms with E-state index in [2.05, 4.69) is 27.7 Å². The monoisotopic (exact) mass is 821 g/mol. The molecule has 6 heteroatoms. The van der Waals surface area contributed by atoms with Gasteiger partial charge in [-0.2, -0.15) is 0 Å². The molecule has 0 aromatic heterocycles. The Hall–Kier alpha value is -1.59. The predicted octanol–water partition coefficient (Wildman–Crippen LogP) is 16.7. The molecule has 0 aliphatic rings. The van der Waals surface area contributed by atoms with Gasteiger partial charge in [0.2, 0.25) is 0 Å². The summed E-state index contributed by atoms with van der Waals surface area (Å²) in [6.45, 7) is 8.96. The van der Waals surface area contributed by atoms with Gasteiger partial charge in [-0.3, -0.25) is 14.4 Å². The number of esters is 3. The molecule has 0 rings (SSSR count). The van der Waals surface area contributed by atoms with E-state index in [1.165, 1.54) is 186 Å². The molecule has 0 saturated carbocycles. The number of hydrogen-bond donors (Lipinski definition) is 0. The number of rotatable bonds is 47. The number of hydrogen-bond acceptors (Lipinski definition) is 6. The second kappa shape index (κ2) is 46.5. The lowest BCUT2D eigenvalue weighted by Gasteiger charge is -2.18. The van der Waals surface area contributed by atoms with Gasteiger partial charge in [0.25, 0.3) is 0 Å². The van der Waals surface area contributed by atoms with Crippen LogP contribution in [0.1, 0.15) is 291 Å². The summed E-state index contributed by atoms with van der Waals surface area (Å²) in [4.78, 5) is 37.9. The quantitative estimate of drug-likeness (QED) is 0.0346. The van der Waals surface area contributed by atoms with Gasteiger partial charge in [0.15, 0.2) is 6.10 Å². The summed E-state index contributed by atoms with van der Waals surface area (Å²) in [5, 5.41) is 0. The van der Waals surface area contributed by atoms with Crippen molar-refractivity contribution in [2.24, 2.45) is 5.92 Å². The Morgan fingerprint density at radius 3 is 0.845 bits per heavy atom. The molecule has 0 heterocycles. The van der Waals surface area contributed by atoms with E-state index in [1.807, 2.05) is 0 Å². The lowest BCUT2D eigenvalue weighted by Crippen LogP contribution is -2.30. The van der Waals surface area contributed by atoms with Crippen molar-refractivity contribution in [1.29, 1.82) is 0 Å². The molecule has 0 saturated heterocycles. The van der Waals surface area contributed by atoms with Crippen molar-refractivity contribution < 1.29 is 28.6 Å². The van der Waals surface area contributed by atoms with Crippen LogP contribution in [0, 0.1) is 5.92 Å². The van der Waals surface area contributed by atoms with Gasteiger partial charge in [0, 0.05) is 19.3 Å². The van der Waals surface area contributed by atoms with Crippen molar-refractivity contribution in [2.75, 3.05) is 13.2 Å². The fourth-order valence-electron chi connectivity index (χ4n) is 7.86. The van der Waals surface area contributed by atoms with Gasteiger partial charge < -0.3 is 14.2 Å². The Bertz CT molecular complexity index is 872. The van der Waals surface area contributed by atoms with Crippen LogP contribution in [0.3, 0.4) is 0 Å². The van der Waals surface area contributed by atoms with Gasteiger partial charge in [-0.05, 0) is 25.2 Å². The topological polar surface area (TPSA) is 78.9 Å². The normalized spacial score (nSPS) is 11.9. The summed E-state index contributed by atoms with van der Waals surface area (Å²) >= 11 is 0. The van der Waals surface area contributed by atoms with E-state index < -0.39 is 6.10 Å². The Morgan fingerprint density at radius 2 is 0.569 bits per heavy atom. The molecule has 0 radical (unpaired) electrons. The summed E-state index contributed by atoms with van der Waals surface area (Å²) < 4.78 is 16.8. The number of unbranched alkanes of at least 4 members (excludes halogenated alkanes) is 34. The minimum atomic E-state index is -0.761. The fourth-order valence-corrected chi connectivity index (χ4v) is 7.86. The molecular formula is C52H100O6. The zero-order valence-electron chi connectivity index (χ0n) is 39.5. The van der Waals surface area contributed by atoms with Crippen LogP contribution in [0.5, 0.6) is 0 Å². The van der Waals surface area contributed by atoms with Crippen LogP contribution < -0.4 is 0 Å². The molecule has 0 bridgehead atoms. The van der Waals surface area contributed by atoms with E-state index in [0.29, 0.717) is 19.3 Å². The molecular weight excluding hydrogens is 721 g/mol. The largest absolute Gasteiger partial charge is 0.462 e. The minimum absolute atomic E-state index is 0.0640. The lowest BCUT2D eigenvalue weighted by molar-refractivity contribution is -0.167. The number of carbonyl (C=O) groups excluding carboxylic acids is 3. The van der Waals surface area contributed by atoms with Gasteiger partial charge in [-0.1, -0.05) is 252 Å². The lowest BCUT2D eigenvalue weighted by atomic mass is 10.0. The highest BCUT2D eigenvalue weighted by Crippen LogP contribution is 2.17. The first-order chi connectivity index (χ1) is 28.4.